The molecule has 1 saturated carbocycles. The number of nitrogens with one attached hydrogen (secondary N) is 1. The van der Waals surface area contributed by atoms with Crippen LogP contribution in [0, 0.1) is 5.82 Å². The Bertz CT molecular complexity index is 1510. The molecule has 0 radical (unpaired) electrons. The van der Waals surface area contributed by atoms with Crippen LogP contribution in [0.4, 0.5) is 10.1 Å². The second kappa shape index (κ2) is 15.1. The monoisotopic (exact) mass is 625 g/mol. The highest BCUT2D eigenvalue weighted by Gasteiger charge is 2.33. The van der Waals surface area contributed by atoms with Gasteiger partial charge in [-0.1, -0.05) is 31.4 Å². The minimum absolute atomic E-state index is 0.0308. The molecule has 9 nitrogen and oxygen atoms in total. The summed E-state index contributed by atoms with van der Waals surface area (Å²) < 4.78 is 53.5. The number of anilines is 1. The number of hydrogen-bond acceptors (Lipinski definition) is 6. The Hall–Kier alpha value is -4.12. The van der Waals surface area contributed by atoms with Crippen LogP contribution in [0.3, 0.4) is 0 Å². The number of nitrogens with zero attached hydrogens (tertiary/aromatic N) is 2. The Morgan fingerprint density at radius 1 is 0.977 bits per heavy atom. The van der Waals surface area contributed by atoms with Crippen molar-refractivity contribution in [3.63, 3.8) is 0 Å². The summed E-state index contributed by atoms with van der Waals surface area (Å²) in [7, 11) is -2.76. The molecule has 11 heteroatoms. The summed E-state index contributed by atoms with van der Waals surface area (Å²) in [5.41, 5.74) is 0.812. The van der Waals surface area contributed by atoms with Crippen LogP contribution >= 0.6 is 0 Å². The molecule has 4 rings (SSSR count). The van der Waals surface area contributed by atoms with Gasteiger partial charge in [0.15, 0.2) is 0 Å². The number of amides is 2. The van der Waals surface area contributed by atoms with E-state index in [1.165, 1.54) is 48.4 Å². The van der Waals surface area contributed by atoms with Gasteiger partial charge in [0.2, 0.25) is 11.8 Å². The third-order valence-electron chi connectivity index (χ3n) is 7.72. The first-order chi connectivity index (χ1) is 21.1. The first-order valence-corrected chi connectivity index (χ1v) is 16.3. The van der Waals surface area contributed by atoms with Crippen molar-refractivity contribution in [2.75, 3.05) is 24.6 Å². The lowest BCUT2D eigenvalue weighted by Gasteiger charge is -2.33. The smallest absolute Gasteiger partial charge is 0.264 e. The molecule has 0 heterocycles. The minimum atomic E-state index is -4.29. The SMILES string of the molecule is CCOc1ccc(S(=O)(=O)N(CC(=O)N(Cc2cccc(OC)c2)[C@@H](C)C(=O)NC2CCCCC2)c2ccc(F)cc2)cc1. The molecule has 44 heavy (non-hydrogen) atoms. The van der Waals surface area contributed by atoms with Crippen LogP contribution < -0.4 is 19.1 Å². The van der Waals surface area contributed by atoms with Gasteiger partial charge in [-0.2, -0.15) is 0 Å². The van der Waals surface area contributed by atoms with E-state index in [-0.39, 0.29) is 29.1 Å². The zero-order chi connectivity index (χ0) is 31.7. The van der Waals surface area contributed by atoms with E-state index < -0.39 is 34.3 Å². The predicted octanol–water partition coefficient (Wildman–Crippen LogP) is 5.29. The molecule has 3 aromatic rings. The van der Waals surface area contributed by atoms with E-state index in [1.807, 2.05) is 13.0 Å². The van der Waals surface area contributed by atoms with Crippen molar-refractivity contribution in [3.05, 3.63) is 84.2 Å². The van der Waals surface area contributed by atoms with Crippen molar-refractivity contribution >= 4 is 27.5 Å². The van der Waals surface area contributed by atoms with Crippen molar-refractivity contribution in [1.82, 2.24) is 10.2 Å². The molecule has 0 saturated heterocycles. The summed E-state index contributed by atoms with van der Waals surface area (Å²) >= 11 is 0. The molecule has 0 bridgehead atoms. The number of hydrogen-bond donors (Lipinski definition) is 1. The summed E-state index contributed by atoms with van der Waals surface area (Å²) in [4.78, 5) is 28.9. The molecule has 0 aromatic heterocycles. The van der Waals surface area contributed by atoms with Gasteiger partial charge >= 0.3 is 0 Å². The standard InChI is InChI=1S/C33H40FN3O6S/c1-4-43-29-17-19-31(20-18-29)44(40,41)37(28-15-13-26(34)14-16-28)23-32(38)36(22-25-9-8-12-30(21-25)42-3)24(2)33(39)35-27-10-6-5-7-11-27/h8-9,12-21,24,27H,4-7,10-11,22-23H2,1-3H3,(H,35,39)/t24-/m0/s1. The van der Waals surface area contributed by atoms with Gasteiger partial charge in [-0.15, -0.1) is 0 Å². The van der Waals surface area contributed by atoms with E-state index in [0.29, 0.717) is 23.7 Å². The highest BCUT2D eigenvalue weighted by molar-refractivity contribution is 7.92. The fourth-order valence-corrected chi connectivity index (χ4v) is 6.67. The van der Waals surface area contributed by atoms with Gasteiger partial charge in [-0.25, -0.2) is 12.8 Å². The molecule has 1 N–H and O–H groups in total. The molecule has 1 fully saturated rings. The maximum atomic E-state index is 14.1. The molecule has 2 amide bonds. The average molecular weight is 626 g/mol. The van der Waals surface area contributed by atoms with E-state index in [9.17, 15) is 22.4 Å². The van der Waals surface area contributed by atoms with Gasteiger partial charge in [0.05, 0.1) is 24.3 Å². The summed E-state index contributed by atoms with van der Waals surface area (Å²) in [6, 6.07) is 17.0. The molecule has 1 aliphatic rings. The summed E-state index contributed by atoms with van der Waals surface area (Å²) in [6.07, 6.45) is 4.94. The first-order valence-electron chi connectivity index (χ1n) is 14.9. The number of rotatable bonds is 13. The van der Waals surface area contributed by atoms with Crippen molar-refractivity contribution in [2.45, 2.75) is 69.5 Å². The van der Waals surface area contributed by atoms with Crippen molar-refractivity contribution in [2.24, 2.45) is 0 Å². The van der Waals surface area contributed by atoms with Crippen LogP contribution in [0.1, 0.15) is 51.5 Å². The number of sulfonamides is 1. The van der Waals surface area contributed by atoms with Crippen LogP contribution in [0.2, 0.25) is 0 Å². The first kappa shape index (κ1) is 32.8. The van der Waals surface area contributed by atoms with Crippen molar-refractivity contribution in [1.29, 1.82) is 0 Å². The highest BCUT2D eigenvalue weighted by atomic mass is 32.2. The van der Waals surface area contributed by atoms with Crippen LogP contribution in [-0.2, 0) is 26.2 Å². The van der Waals surface area contributed by atoms with Crippen LogP contribution in [0.5, 0.6) is 11.5 Å². The second-order valence-electron chi connectivity index (χ2n) is 10.8. The van der Waals surface area contributed by atoms with Gasteiger partial charge in [0, 0.05) is 12.6 Å². The molecule has 236 valence electrons. The molecule has 0 spiro atoms. The Labute approximate surface area is 259 Å². The van der Waals surface area contributed by atoms with Crippen LogP contribution in [0.25, 0.3) is 0 Å². The largest absolute Gasteiger partial charge is 0.497 e. The third-order valence-corrected chi connectivity index (χ3v) is 9.51. The molecule has 3 aromatic carbocycles. The van der Waals surface area contributed by atoms with Crippen LogP contribution in [-0.4, -0.2) is 57.5 Å². The van der Waals surface area contributed by atoms with E-state index in [2.05, 4.69) is 5.32 Å². The maximum absolute atomic E-state index is 14.1. The molecule has 0 aliphatic heterocycles. The number of methoxy groups -OCH3 is 1. The predicted molar refractivity (Wildman–Crippen MR) is 167 cm³/mol. The van der Waals surface area contributed by atoms with Gasteiger partial charge in [0.25, 0.3) is 10.0 Å². The number of benzene rings is 3. The second-order valence-corrected chi connectivity index (χ2v) is 12.6. The highest BCUT2D eigenvalue weighted by Crippen LogP contribution is 2.27. The normalized spacial score (nSPS) is 14.4. The number of ether oxygens (including phenoxy) is 2. The van der Waals surface area contributed by atoms with E-state index >= 15 is 0 Å². The number of halogens is 1. The molecule has 0 unspecified atom stereocenters. The summed E-state index contributed by atoms with van der Waals surface area (Å²) in [6.45, 7) is 3.29. The van der Waals surface area contributed by atoms with Gasteiger partial charge in [0.1, 0.15) is 29.9 Å². The van der Waals surface area contributed by atoms with E-state index in [1.54, 1.807) is 25.1 Å². The number of carbonyl (C=O) groups excluding carboxylic acids is 2. The summed E-state index contributed by atoms with van der Waals surface area (Å²) in [5, 5.41) is 3.08. The van der Waals surface area contributed by atoms with Crippen molar-refractivity contribution < 1.29 is 31.9 Å². The Morgan fingerprint density at radius 2 is 1.66 bits per heavy atom. The lowest BCUT2D eigenvalue weighted by Crippen LogP contribution is -2.53. The minimum Gasteiger partial charge on any atom is -0.497 e. The van der Waals surface area contributed by atoms with Gasteiger partial charge < -0.3 is 19.7 Å². The Morgan fingerprint density at radius 3 is 2.30 bits per heavy atom. The zero-order valence-corrected chi connectivity index (χ0v) is 26.2. The maximum Gasteiger partial charge on any atom is 0.264 e. The molecule has 1 atom stereocenters. The zero-order valence-electron chi connectivity index (χ0n) is 25.4. The summed E-state index contributed by atoms with van der Waals surface area (Å²) in [5.74, 6) is -0.377. The lowest BCUT2D eigenvalue weighted by atomic mass is 9.95. The third kappa shape index (κ3) is 8.28. The van der Waals surface area contributed by atoms with E-state index in [4.69, 9.17) is 9.47 Å². The van der Waals surface area contributed by atoms with Gasteiger partial charge in [-0.05, 0) is 92.9 Å². The quantitative estimate of drug-likeness (QED) is 0.277. The number of carbonyl (C=O) groups is 2. The lowest BCUT2D eigenvalue weighted by molar-refractivity contribution is -0.139. The Kier molecular flexibility index (Phi) is 11.2. The fourth-order valence-electron chi connectivity index (χ4n) is 5.26. The molecular weight excluding hydrogens is 585 g/mol. The van der Waals surface area contributed by atoms with Crippen molar-refractivity contribution in [3.8, 4) is 11.5 Å². The average Bonchev–Trinajstić information content (AvgIpc) is 3.03. The van der Waals surface area contributed by atoms with Crippen LogP contribution in [0.15, 0.2) is 77.7 Å². The molecule has 1 aliphatic carbocycles. The Balaban J connectivity index is 1.67. The van der Waals surface area contributed by atoms with Gasteiger partial charge in [-0.3, -0.25) is 13.9 Å². The fraction of sp³-hybridized carbons (Fsp3) is 0.394. The molecular formula is C33H40FN3O6S. The topological polar surface area (TPSA) is 105 Å². The van der Waals surface area contributed by atoms with E-state index in [0.717, 1.165) is 48.5 Å².